The summed E-state index contributed by atoms with van der Waals surface area (Å²) in [5.74, 6) is 2.58. The van der Waals surface area contributed by atoms with Gasteiger partial charge in [-0.3, -0.25) is 0 Å². The SMILES string of the molecule is c1cc(NC2CCN(c3ccc(C4CC4)nn3)CC2)ncn1. The summed E-state index contributed by atoms with van der Waals surface area (Å²) < 4.78 is 0. The Morgan fingerprint density at radius 3 is 2.50 bits per heavy atom. The van der Waals surface area contributed by atoms with Crippen LogP contribution < -0.4 is 10.2 Å². The fraction of sp³-hybridized carbons (Fsp3) is 0.500. The number of hydrogen-bond donors (Lipinski definition) is 1. The predicted octanol–water partition coefficient (Wildman–Crippen LogP) is 2.22. The second-order valence-corrected chi connectivity index (χ2v) is 6.09. The van der Waals surface area contributed by atoms with Crippen molar-refractivity contribution in [2.45, 2.75) is 37.6 Å². The highest BCUT2D eigenvalue weighted by Crippen LogP contribution is 2.38. The molecule has 1 aliphatic heterocycles. The maximum atomic E-state index is 4.41. The highest BCUT2D eigenvalue weighted by molar-refractivity contribution is 5.40. The third-order valence-electron chi connectivity index (χ3n) is 4.42. The third-order valence-corrected chi connectivity index (χ3v) is 4.42. The molecule has 3 heterocycles. The van der Waals surface area contributed by atoms with Crippen LogP contribution in [0.1, 0.15) is 37.3 Å². The van der Waals surface area contributed by atoms with Crippen LogP contribution in [0, 0.1) is 0 Å². The molecule has 1 saturated carbocycles. The van der Waals surface area contributed by atoms with Gasteiger partial charge in [0.15, 0.2) is 5.82 Å². The van der Waals surface area contributed by atoms with Crippen LogP contribution in [-0.2, 0) is 0 Å². The molecule has 1 N–H and O–H groups in total. The van der Waals surface area contributed by atoms with Gasteiger partial charge >= 0.3 is 0 Å². The van der Waals surface area contributed by atoms with Crippen molar-refractivity contribution in [1.29, 1.82) is 0 Å². The second kappa shape index (κ2) is 5.87. The number of rotatable bonds is 4. The van der Waals surface area contributed by atoms with Gasteiger partial charge in [0.2, 0.25) is 0 Å². The van der Waals surface area contributed by atoms with Crippen LogP contribution in [0.2, 0.25) is 0 Å². The molecule has 0 radical (unpaired) electrons. The van der Waals surface area contributed by atoms with Gasteiger partial charge in [-0.05, 0) is 43.9 Å². The Bertz CT molecular complexity index is 602. The summed E-state index contributed by atoms with van der Waals surface area (Å²) in [6.07, 6.45) is 8.05. The molecule has 6 heteroatoms. The molecule has 2 aromatic rings. The van der Waals surface area contributed by atoms with Gasteiger partial charge in [-0.25, -0.2) is 9.97 Å². The minimum Gasteiger partial charge on any atom is -0.367 e. The van der Waals surface area contributed by atoms with Crippen LogP contribution in [0.4, 0.5) is 11.6 Å². The number of hydrogen-bond acceptors (Lipinski definition) is 6. The van der Waals surface area contributed by atoms with Crippen molar-refractivity contribution in [3.8, 4) is 0 Å². The third kappa shape index (κ3) is 3.00. The van der Waals surface area contributed by atoms with E-state index in [1.807, 2.05) is 6.07 Å². The van der Waals surface area contributed by atoms with E-state index in [-0.39, 0.29) is 0 Å². The first-order valence-electron chi connectivity index (χ1n) is 7.99. The minimum atomic E-state index is 0.463. The van der Waals surface area contributed by atoms with Crippen molar-refractivity contribution in [1.82, 2.24) is 20.2 Å². The minimum absolute atomic E-state index is 0.463. The van der Waals surface area contributed by atoms with E-state index in [0.717, 1.165) is 43.3 Å². The average molecular weight is 296 g/mol. The molecule has 2 aromatic heterocycles. The lowest BCUT2D eigenvalue weighted by atomic mass is 10.1. The van der Waals surface area contributed by atoms with Crippen LogP contribution >= 0.6 is 0 Å². The number of piperidine rings is 1. The first kappa shape index (κ1) is 13.4. The summed E-state index contributed by atoms with van der Waals surface area (Å²) in [6, 6.07) is 6.64. The molecule has 114 valence electrons. The Hall–Kier alpha value is -2.24. The van der Waals surface area contributed by atoms with Crippen molar-refractivity contribution >= 4 is 11.6 Å². The summed E-state index contributed by atoms with van der Waals surface area (Å²) >= 11 is 0. The molecule has 0 bridgehead atoms. The highest BCUT2D eigenvalue weighted by atomic mass is 15.3. The first-order valence-corrected chi connectivity index (χ1v) is 7.99. The van der Waals surface area contributed by atoms with Crippen LogP contribution in [-0.4, -0.2) is 39.3 Å². The zero-order valence-electron chi connectivity index (χ0n) is 12.5. The fourth-order valence-electron chi connectivity index (χ4n) is 2.94. The van der Waals surface area contributed by atoms with E-state index >= 15 is 0 Å². The van der Waals surface area contributed by atoms with E-state index in [0.29, 0.717) is 12.0 Å². The molecule has 22 heavy (non-hydrogen) atoms. The van der Waals surface area contributed by atoms with E-state index < -0.39 is 0 Å². The van der Waals surface area contributed by atoms with Crippen molar-refractivity contribution in [2.24, 2.45) is 0 Å². The maximum Gasteiger partial charge on any atom is 0.151 e. The van der Waals surface area contributed by atoms with Gasteiger partial charge < -0.3 is 10.2 Å². The lowest BCUT2D eigenvalue weighted by Crippen LogP contribution is -2.39. The molecule has 4 rings (SSSR count). The topological polar surface area (TPSA) is 66.8 Å². The molecule has 0 aromatic carbocycles. The molecule has 0 amide bonds. The predicted molar refractivity (Wildman–Crippen MR) is 84.9 cm³/mol. The molecule has 2 fully saturated rings. The van der Waals surface area contributed by atoms with Crippen LogP contribution in [0.15, 0.2) is 30.7 Å². The van der Waals surface area contributed by atoms with Gasteiger partial charge in [0.1, 0.15) is 12.1 Å². The molecule has 2 aliphatic rings. The van der Waals surface area contributed by atoms with Gasteiger partial charge in [0.25, 0.3) is 0 Å². The largest absolute Gasteiger partial charge is 0.367 e. The Kier molecular flexibility index (Phi) is 3.58. The quantitative estimate of drug-likeness (QED) is 0.933. The number of nitrogens with one attached hydrogen (secondary N) is 1. The summed E-state index contributed by atoms with van der Waals surface area (Å²) in [5, 5.41) is 12.3. The number of nitrogens with zero attached hydrogens (tertiary/aromatic N) is 5. The van der Waals surface area contributed by atoms with E-state index in [1.165, 1.54) is 12.8 Å². The van der Waals surface area contributed by atoms with Gasteiger partial charge in [0.05, 0.1) is 5.69 Å². The average Bonchev–Trinajstić information content (AvgIpc) is 3.42. The summed E-state index contributed by atoms with van der Waals surface area (Å²) in [4.78, 5) is 10.5. The molecule has 1 aliphatic carbocycles. The van der Waals surface area contributed by atoms with Crippen molar-refractivity contribution in [2.75, 3.05) is 23.3 Å². The van der Waals surface area contributed by atoms with Crippen LogP contribution in [0.3, 0.4) is 0 Å². The van der Waals surface area contributed by atoms with Crippen molar-refractivity contribution in [3.63, 3.8) is 0 Å². The Morgan fingerprint density at radius 2 is 1.86 bits per heavy atom. The van der Waals surface area contributed by atoms with Crippen LogP contribution in [0.25, 0.3) is 0 Å². The zero-order valence-corrected chi connectivity index (χ0v) is 12.5. The normalized spacial score (nSPS) is 19.2. The molecule has 0 atom stereocenters. The highest BCUT2D eigenvalue weighted by Gasteiger charge is 2.26. The van der Waals surface area contributed by atoms with Gasteiger partial charge in [-0.15, -0.1) is 5.10 Å². The second-order valence-electron chi connectivity index (χ2n) is 6.09. The first-order chi connectivity index (χ1) is 10.9. The zero-order chi connectivity index (χ0) is 14.8. The number of aromatic nitrogens is 4. The summed E-state index contributed by atoms with van der Waals surface area (Å²) in [7, 11) is 0. The Morgan fingerprint density at radius 1 is 1.00 bits per heavy atom. The molecule has 6 nitrogen and oxygen atoms in total. The van der Waals surface area contributed by atoms with Crippen molar-refractivity contribution < 1.29 is 0 Å². The van der Waals surface area contributed by atoms with E-state index in [9.17, 15) is 0 Å². The summed E-state index contributed by atoms with van der Waals surface area (Å²) in [5.41, 5.74) is 1.16. The monoisotopic (exact) mass is 296 g/mol. The van der Waals surface area contributed by atoms with Crippen molar-refractivity contribution in [3.05, 3.63) is 36.4 Å². The lowest BCUT2D eigenvalue weighted by molar-refractivity contribution is 0.520. The van der Waals surface area contributed by atoms with E-state index in [1.54, 1.807) is 12.5 Å². The molecular weight excluding hydrogens is 276 g/mol. The Labute approximate surface area is 130 Å². The maximum absolute atomic E-state index is 4.41. The van der Waals surface area contributed by atoms with Gasteiger partial charge in [-0.2, -0.15) is 5.10 Å². The Balaban J connectivity index is 1.33. The lowest BCUT2D eigenvalue weighted by Gasteiger charge is -2.33. The molecule has 0 spiro atoms. The number of anilines is 2. The van der Waals surface area contributed by atoms with Gasteiger partial charge in [-0.1, -0.05) is 0 Å². The summed E-state index contributed by atoms with van der Waals surface area (Å²) in [6.45, 7) is 2.00. The van der Waals surface area contributed by atoms with E-state index in [2.05, 4.69) is 42.5 Å². The fourth-order valence-corrected chi connectivity index (χ4v) is 2.94. The van der Waals surface area contributed by atoms with Gasteiger partial charge in [0, 0.05) is 31.2 Å². The smallest absolute Gasteiger partial charge is 0.151 e. The van der Waals surface area contributed by atoms with Crippen LogP contribution in [0.5, 0.6) is 0 Å². The molecular formula is C16H20N6. The standard InChI is InChI=1S/C16H20N6/c1-2-12(1)14-3-4-16(21-20-14)22-9-6-13(7-10-22)19-15-5-8-17-11-18-15/h3-5,8,11-13H,1-2,6-7,9-10H2,(H,17,18,19). The van der Waals surface area contributed by atoms with E-state index in [4.69, 9.17) is 0 Å². The molecule has 1 saturated heterocycles. The molecule has 0 unspecified atom stereocenters.